The Kier molecular flexibility index (Phi) is 4.05. The first-order valence-electron chi connectivity index (χ1n) is 7.79. The van der Waals surface area contributed by atoms with Gasteiger partial charge in [0.25, 0.3) is 0 Å². The number of hydrogen-bond acceptors (Lipinski definition) is 3. The lowest BCUT2D eigenvalue weighted by Crippen LogP contribution is -2.25. The molecule has 118 valence electrons. The van der Waals surface area contributed by atoms with Gasteiger partial charge in [-0.2, -0.15) is 0 Å². The fourth-order valence-corrected chi connectivity index (χ4v) is 3.72. The minimum atomic E-state index is -1.03. The molecule has 1 amide bonds. The highest BCUT2D eigenvalue weighted by molar-refractivity contribution is 5.91. The molecule has 5 heteroatoms. The predicted molar refractivity (Wildman–Crippen MR) is 80.7 cm³/mol. The summed E-state index contributed by atoms with van der Waals surface area (Å²) in [6, 6.07) is 4.97. The molecule has 2 saturated carbocycles. The SMILES string of the molecule is COc1ccc(CNC(=O)C2[C@@H]3CCCC[C@@H]23)cc1C(=O)O. The summed E-state index contributed by atoms with van der Waals surface area (Å²) >= 11 is 0. The summed E-state index contributed by atoms with van der Waals surface area (Å²) in [5, 5.41) is 12.1. The minimum Gasteiger partial charge on any atom is -0.496 e. The van der Waals surface area contributed by atoms with Crippen molar-refractivity contribution in [3.05, 3.63) is 29.3 Å². The van der Waals surface area contributed by atoms with E-state index >= 15 is 0 Å². The number of methoxy groups -OCH3 is 1. The van der Waals surface area contributed by atoms with Gasteiger partial charge in [-0.3, -0.25) is 4.79 Å². The number of ether oxygens (including phenoxy) is 1. The average Bonchev–Trinajstić information content (AvgIpc) is 3.26. The van der Waals surface area contributed by atoms with Crippen molar-refractivity contribution in [3.8, 4) is 5.75 Å². The lowest BCUT2D eigenvalue weighted by Gasteiger charge is -2.09. The Morgan fingerprint density at radius 1 is 1.27 bits per heavy atom. The third-order valence-electron chi connectivity index (χ3n) is 4.92. The van der Waals surface area contributed by atoms with Gasteiger partial charge < -0.3 is 15.2 Å². The molecular weight excluding hydrogens is 282 g/mol. The molecule has 0 heterocycles. The standard InChI is InChI=1S/C17H21NO4/c1-22-14-7-6-10(8-13(14)17(20)21)9-18-16(19)15-11-4-2-3-5-12(11)15/h6-8,11-12,15H,2-5,9H2,1H3,(H,18,19)(H,20,21)/t11-,12-/m1/s1. The Morgan fingerprint density at radius 2 is 1.95 bits per heavy atom. The first-order valence-corrected chi connectivity index (χ1v) is 7.79. The zero-order chi connectivity index (χ0) is 15.7. The first kappa shape index (κ1) is 14.9. The van der Waals surface area contributed by atoms with Crippen LogP contribution in [0.5, 0.6) is 5.75 Å². The van der Waals surface area contributed by atoms with Crippen molar-refractivity contribution in [2.45, 2.75) is 32.2 Å². The Morgan fingerprint density at radius 3 is 2.55 bits per heavy atom. The number of carboxylic acid groups (broad SMARTS) is 1. The van der Waals surface area contributed by atoms with E-state index in [0.29, 0.717) is 24.1 Å². The van der Waals surface area contributed by atoms with Crippen LogP contribution in [0.15, 0.2) is 18.2 Å². The van der Waals surface area contributed by atoms with E-state index in [1.54, 1.807) is 18.2 Å². The van der Waals surface area contributed by atoms with Crippen molar-refractivity contribution in [1.82, 2.24) is 5.32 Å². The molecule has 0 aliphatic heterocycles. The van der Waals surface area contributed by atoms with Crippen molar-refractivity contribution >= 4 is 11.9 Å². The summed E-state index contributed by atoms with van der Waals surface area (Å²) in [4.78, 5) is 23.4. The molecule has 2 aliphatic carbocycles. The molecule has 0 unspecified atom stereocenters. The summed E-state index contributed by atoms with van der Waals surface area (Å²) in [6.45, 7) is 0.360. The number of fused-ring (bicyclic) bond motifs is 1. The fraction of sp³-hybridized carbons (Fsp3) is 0.529. The number of carboxylic acids is 1. The molecule has 0 bridgehead atoms. The van der Waals surface area contributed by atoms with Crippen LogP contribution in [0.4, 0.5) is 0 Å². The van der Waals surface area contributed by atoms with Gasteiger partial charge in [0.1, 0.15) is 11.3 Å². The highest BCUT2D eigenvalue weighted by Crippen LogP contribution is 2.55. The van der Waals surface area contributed by atoms with Crippen LogP contribution < -0.4 is 10.1 Å². The number of amides is 1. The molecule has 0 saturated heterocycles. The second-order valence-corrected chi connectivity index (χ2v) is 6.20. The predicted octanol–water partition coefficient (Wildman–Crippen LogP) is 2.45. The number of aromatic carboxylic acids is 1. The summed E-state index contributed by atoms with van der Waals surface area (Å²) < 4.78 is 5.03. The Balaban J connectivity index is 1.61. The van der Waals surface area contributed by atoms with Crippen LogP contribution in [0.25, 0.3) is 0 Å². The van der Waals surface area contributed by atoms with Crippen LogP contribution >= 0.6 is 0 Å². The van der Waals surface area contributed by atoms with Crippen molar-refractivity contribution in [2.75, 3.05) is 7.11 Å². The molecule has 1 aromatic carbocycles. The quantitative estimate of drug-likeness (QED) is 0.876. The highest BCUT2D eigenvalue weighted by atomic mass is 16.5. The Bertz CT molecular complexity index is 586. The topological polar surface area (TPSA) is 75.6 Å². The van der Waals surface area contributed by atoms with Crippen molar-refractivity contribution in [1.29, 1.82) is 0 Å². The lowest BCUT2D eigenvalue weighted by atomic mass is 10.0. The number of carbonyl (C=O) groups excluding carboxylic acids is 1. The third-order valence-corrected chi connectivity index (χ3v) is 4.92. The molecule has 0 radical (unpaired) electrons. The molecule has 22 heavy (non-hydrogen) atoms. The average molecular weight is 303 g/mol. The van der Waals surface area contributed by atoms with Gasteiger partial charge >= 0.3 is 5.97 Å². The van der Waals surface area contributed by atoms with Crippen LogP contribution in [-0.4, -0.2) is 24.1 Å². The number of carbonyl (C=O) groups is 2. The van der Waals surface area contributed by atoms with E-state index in [-0.39, 0.29) is 17.4 Å². The summed E-state index contributed by atoms with van der Waals surface area (Å²) in [5.41, 5.74) is 0.893. The van der Waals surface area contributed by atoms with Gasteiger partial charge in [0, 0.05) is 12.5 Å². The van der Waals surface area contributed by atoms with E-state index in [1.165, 1.54) is 32.8 Å². The van der Waals surface area contributed by atoms with Crippen LogP contribution in [-0.2, 0) is 11.3 Å². The normalized spacial score (nSPS) is 26.0. The molecular formula is C17H21NO4. The van der Waals surface area contributed by atoms with Gasteiger partial charge in [-0.1, -0.05) is 18.9 Å². The molecule has 2 atom stereocenters. The van der Waals surface area contributed by atoms with Gasteiger partial charge in [0.05, 0.1) is 7.11 Å². The fourth-order valence-electron chi connectivity index (χ4n) is 3.72. The van der Waals surface area contributed by atoms with Crippen LogP contribution in [0.2, 0.25) is 0 Å². The largest absolute Gasteiger partial charge is 0.496 e. The van der Waals surface area contributed by atoms with Crippen LogP contribution in [0.1, 0.15) is 41.6 Å². The monoisotopic (exact) mass is 303 g/mol. The number of nitrogens with one attached hydrogen (secondary N) is 1. The van der Waals surface area contributed by atoms with E-state index < -0.39 is 5.97 Å². The smallest absolute Gasteiger partial charge is 0.339 e. The van der Waals surface area contributed by atoms with Gasteiger partial charge in [-0.15, -0.1) is 0 Å². The van der Waals surface area contributed by atoms with Crippen molar-refractivity contribution in [2.24, 2.45) is 17.8 Å². The van der Waals surface area contributed by atoms with E-state index in [9.17, 15) is 9.59 Å². The molecule has 5 nitrogen and oxygen atoms in total. The Hall–Kier alpha value is -2.04. The molecule has 1 aromatic rings. The molecule has 0 spiro atoms. The van der Waals surface area contributed by atoms with E-state index in [0.717, 1.165) is 5.56 Å². The third kappa shape index (κ3) is 2.80. The maximum Gasteiger partial charge on any atom is 0.339 e. The molecule has 2 N–H and O–H groups in total. The van der Waals surface area contributed by atoms with Gasteiger partial charge in [0.2, 0.25) is 5.91 Å². The summed E-state index contributed by atoms with van der Waals surface area (Å²) in [5.74, 6) is 0.761. The van der Waals surface area contributed by atoms with E-state index in [4.69, 9.17) is 9.84 Å². The van der Waals surface area contributed by atoms with Gasteiger partial charge in [0.15, 0.2) is 0 Å². The Labute approximate surface area is 129 Å². The molecule has 2 aliphatic rings. The molecule has 3 rings (SSSR count). The van der Waals surface area contributed by atoms with Crippen LogP contribution in [0.3, 0.4) is 0 Å². The summed E-state index contributed by atoms with van der Waals surface area (Å²) in [6.07, 6.45) is 4.83. The lowest BCUT2D eigenvalue weighted by molar-refractivity contribution is -0.123. The van der Waals surface area contributed by atoms with E-state index in [2.05, 4.69) is 5.32 Å². The summed E-state index contributed by atoms with van der Waals surface area (Å²) in [7, 11) is 1.44. The van der Waals surface area contributed by atoms with E-state index in [1.807, 2.05) is 0 Å². The second kappa shape index (κ2) is 5.99. The molecule has 2 fully saturated rings. The van der Waals surface area contributed by atoms with Crippen LogP contribution in [0, 0.1) is 17.8 Å². The van der Waals surface area contributed by atoms with Crippen molar-refractivity contribution < 1.29 is 19.4 Å². The maximum atomic E-state index is 12.2. The van der Waals surface area contributed by atoms with Gasteiger partial charge in [-0.25, -0.2) is 4.79 Å². The first-order chi connectivity index (χ1) is 10.6. The molecule has 0 aromatic heterocycles. The number of rotatable bonds is 5. The zero-order valence-electron chi connectivity index (χ0n) is 12.7. The maximum absolute atomic E-state index is 12.2. The minimum absolute atomic E-state index is 0.115. The number of hydrogen-bond donors (Lipinski definition) is 2. The zero-order valence-corrected chi connectivity index (χ0v) is 12.7. The van der Waals surface area contributed by atoms with Crippen molar-refractivity contribution in [3.63, 3.8) is 0 Å². The number of benzene rings is 1. The second-order valence-electron chi connectivity index (χ2n) is 6.20. The highest BCUT2D eigenvalue weighted by Gasteiger charge is 2.54. The van der Waals surface area contributed by atoms with Gasteiger partial charge in [-0.05, 0) is 42.4 Å².